The van der Waals surface area contributed by atoms with Crippen molar-refractivity contribution in [2.24, 2.45) is 5.92 Å². The molecule has 0 spiro atoms. The molecule has 1 rings (SSSR count). The van der Waals surface area contributed by atoms with Gasteiger partial charge in [-0.1, -0.05) is 6.92 Å². The molecule has 6 nitrogen and oxygen atoms in total. The van der Waals surface area contributed by atoms with Crippen LogP contribution in [0.3, 0.4) is 0 Å². The molecule has 1 aromatic rings. The number of hydrogen-bond acceptors (Lipinski definition) is 3. The Morgan fingerprint density at radius 3 is 2.83 bits per heavy atom. The molecule has 100 valence electrons. The van der Waals surface area contributed by atoms with E-state index in [1.54, 1.807) is 32.6 Å². The van der Waals surface area contributed by atoms with Crippen LogP contribution in [0.2, 0.25) is 0 Å². The number of rotatable bonds is 6. The molecule has 0 saturated heterocycles. The number of carboxylic acid groups (broad SMARTS) is 1. The lowest BCUT2D eigenvalue weighted by Crippen LogP contribution is -2.37. The van der Waals surface area contributed by atoms with Crippen LogP contribution in [-0.4, -0.2) is 35.6 Å². The SMILES string of the molecule is CC(CCNC(=O)N(C)Cc1ccoc1)C(=O)O. The summed E-state index contributed by atoms with van der Waals surface area (Å²) < 4.78 is 4.91. The normalized spacial score (nSPS) is 11.9. The topological polar surface area (TPSA) is 82.8 Å². The Bertz CT molecular complexity index is 389. The molecular weight excluding hydrogens is 236 g/mol. The predicted molar refractivity (Wildman–Crippen MR) is 65.0 cm³/mol. The van der Waals surface area contributed by atoms with Crippen LogP contribution in [0.15, 0.2) is 23.0 Å². The quantitative estimate of drug-likeness (QED) is 0.806. The molecule has 0 aliphatic carbocycles. The number of aliphatic carboxylic acids is 1. The Morgan fingerprint density at radius 2 is 2.28 bits per heavy atom. The minimum Gasteiger partial charge on any atom is -0.481 e. The van der Waals surface area contributed by atoms with Gasteiger partial charge in [0.05, 0.1) is 25.0 Å². The lowest BCUT2D eigenvalue weighted by atomic mass is 10.1. The monoisotopic (exact) mass is 254 g/mol. The zero-order valence-corrected chi connectivity index (χ0v) is 10.5. The third-order valence-electron chi connectivity index (χ3n) is 2.62. The molecule has 0 aliphatic rings. The van der Waals surface area contributed by atoms with Crippen LogP contribution in [0, 0.1) is 5.92 Å². The van der Waals surface area contributed by atoms with Crippen molar-refractivity contribution in [2.75, 3.05) is 13.6 Å². The second-order valence-electron chi connectivity index (χ2n) is 4.25. The number of hydrogen-bond donors (Lipinski definition) is 2. The van der Waals surface area contributed by atoms with Gasteiger partial charge in [0.1, 0.15) is 0 Å². The zero-order valence-electron chi connectivity index (χ0n) is 10.5. The van der Waals surface area contributed by atoms with E-state index in [-0.39, 0.29) is 6.03 Å². The standard InChI is InChI=1S/C12H18N2O4/c1-9(11(15)16)3-5-13-12(17)14(2)7-10-4-6-18-8-10/h4,6,8-9H,3,5,7H2,1-2H3,(H,13,17)(H,15,16). The minimum atomic E-state index is -0.851. The van der Waals surface area contributed by atoms with Crippen LogP contribution < -0.4 is 5.32 Å². The molecule has 1 atom stereocenters. The van der Waals surface area contributed by atoms with Crippen molar-refractivity contribution in [2.45, 2.75) is 19.9 Å². The van der Waals surface area contributed by atoms with Gasteiger partial charge in [-0.3, -0.25) is 4.79 Å². The maximum atomic E-state index is 11.7. The van der Waals surface area contributed by atoms with Gasteiger partial charge in [0, 0.05) is 19.2 Å². The van der Waals surface area contributed by atoms with Gasteiger partial charge < -0.3 is 19.7 Å². The van der Waals surface area contributed by atoms with Gasteiger partial charge in [0.25, 0.3) is 0 Å². The van der Waals surface area contributed by atoms with Gasteiger partial charge in [0.15, 0.2) is 0 Å². The van der Waals surface area contributed by atoms with E-state index in [2.05, 4.69) is 5.32 Å². The molecule has 0 radical (unpaired) electrons. The first-order chi connectivity index (χ1) is 8.50. The Hall–Kier alpha value is -1.98. The third kappa shape index (κ3) is 4.48. The van der Waals surface area contributed by atoms with Gasteiger partial charge >= 0.3 is 12.0 Å². The second kappa shape index (κ2) is 6.68. The van der Waals surface area contributed by atoms with E-state index in [0.29, 0.717) is 19.5 Å². The molecule has 18 heavy (non-hydrogen) atoms. The number of carbonyl (C=O) groups excluding carboxylic acids is 1. The van der Waals surface area contributed by atoms with Crippen LogP contribution in [-0.2, 0) is 11.3 Å². The number of carbonyl (C=O) groups is 2. The maximum Gasteiger partial charge on any atom is 0.317 e. The molecule has 0 fully saturated rings. The summed E-state index contributed by atoms with van der Waals surface area (Å²) in [5, 5.41) is 11.4. The first-order valence-corrected chi connectivity index (χ1v) is 5.73. The van der Waals surface area contributed by atoms with Crippen molar-refractivity contribution in [3.05, 3.63) is 24.2 Å². The fraction of sp³-hybridized carbons (Fsp3) is 0.500. The molecule has 6 heteroatoms. The number of amides is 2. The zero-order chi connectivity index (χ0) is 13.5. The first kappa shape index (κ1) is 14.1. The average Bonchev–Trinajstić information content (AvgIpc) is 2.81. The molecular formula is C12H18N2O4. The fourth-order valence-electron chi connectivity index (χ4n) is 1.38. The van der Waals surface area contributed by atoms with Gasteiger partial charge in [-0.2, -0.15) is 0 Å². The van der Waals surface area contributed by atoms with E-state index in [0.717, 1.165) is 5.56 Å². The molecule has 1 aromatic heterocycles. The molecule has 2 amide bonds. The molecule has 2 N–H and O–H groups in total. The van der Waals surface area contributed by atoms with Crippen molar-refractivity contribution in [1.82, 2.24) is 10.2 Å². The molecule has 1 unspecified atom stereocenters. The summed E-state index contributed by atoms with van der Waals surface area (Å²) in [4.78, 5) is 23.8. The summed E-state index contributed by atoms with van der Waals surface area (Å²) in [7, 11) is 1.67. The number of furan rings is 1. The maximum absolute atomic E-state index is 11.7. The van der Waals surface area contributed by atoms with Gasteiger partial charge in [-0.15, -0.1) is 0 Å². The van der Waals surface area contributed by atoms with E-state index >= 15 is 0 Å². The Morgan fingerprint density at radius 1 is 1.56 bits per heavy atom. The summed E-state index contributed by atoms with van der Waals surface area (Å²) >= 11 is 0. The lowest BCUT2D eigenvalue weighted by molar-refractivity contribution is -0.141. The smallest absolute Gasteiger partial charge is 0.317 e. The molecule has 0 bridgehead atoms. The number of nitrogens with one attached hydrogen (secondary N) is 1. The third-order valence-corrected chi connectivity index (χ3v) is 2.62. The summed E-state index contributed by atoms with van der Waals surface area (Å²) in [5.74, 6) is -1.31. The Balaban J connectivity index is 2.26. The molecule has 0 aromatic carbocycles. The van der Waals surface area contributed by atoms with E-state index in [1.807, 2.05) is 0 Å². The number of carboxylic acids is 1. The summed E-state index contributed by atoms with van der Waals surface area (Å²) in [5.41, 5.74) is 0.909. The number of urea groups is 1. The van der Waals surface area contributed by atoms with Gasteiger partial charge in [0.2, 0.25) is 0 Å². The molecule has 0 aliphatic heterocycles. The first-order valence-electron chi connectivity index (χ1n) is 5.73. The van der Waals surface area contributed by atoms with Crippen LogP contribution >= 0.6 is 0 Å². The summed E-state index contributed by atoms with van der Waals surface area (Å²) in [6, 6.07) is 1.56. The fourth-order valence-corrected chi connectivity index (χ4v) is 1.38. The van der Waals surface area contributed by atoms with Crippen LogP contribution in [0.1, 0.15) is 18.9 Å². The minimum absolute atomic E-state index is 0.228. The highest BCUT2D eigenvalue weighted by Gasteiger charge is 2.13. The predicted octanol–water partition coefficient (Wildman–Crippen LogP) is 1.53. The van der Waals surface area contributed by atoms with E-state index < -0.39 is 11.9 Å². The number of nitrogens with zero attached hydrogens (tertiary/aromatic N) is 1. The van der Waals surface area contributed by atoms with Crippen molar-refractivity contribution >= 4 is 12.0 Å². The largest absolute Gasteiger partial charge is 0.481 e. The summed E-state index contributed by atoms with van der Waals surface area (Å²) in [6.45, 7) is 2.42. The van der Waals surface area contributed by atoms with Crippen LogP contribution in [0.4, 0.5) is 4.79 Å². The van der Waals surface area contributed by atoms with E-state index in [1.165, 1.54) is 4.90 Å². The average molecular weight is 254 g/mol. The van der Waals surface area contributed by atoms with Crippen LogP contribution in [0.5, 0.6) is 0 Å². The Labute approximate surface area is 106 Å². The highest BCUT2D eigenvalue weighted by atomic mass is 16.4. The van der Waals surface area contributed by atoms with E-state index in [4.69, 9.17) is 9.52 Å². The summed E-state index contributed by atoms with van der Waals surface area (Å²) in [6.07, 6.45) is 3.55. The highest BCUT2D eigenvalue weighted by Crippen LogP contribution is 2.04. The van der Waals surface area contributed by atoms with Crippen molar-refractivity contribution in [3.63, 3.8) is 0 Å². The van der Waals surface area contributed by atoms with Crippen LogP contribution in [0.25, 0.3) is 0 Å². The molecule has 1 heterocycles. The van der Waals surface area contributed by atoms with Gasteiger partial charge in [-0.25, -0.2) is 4.79 Å². The lowest BCUT2D eigenvalue weighted by Gasteiger charge is -2.17. The Kier molecular flexibility index (Phi) is 5.23. The van der Waals surface area contributed by atoms with Crippen molar-refractivity contribution in [1.29, 1.82) is 0 Å². The van der Waals surface area contributed by atoms with E-state index in [9.17, 15) is 9.59 Å². The van der Waals surface area contributed by atoms with Crippen molar-refractivity contribution in [3.8, 4) is 0 Å². The second-order valence-corrected chi connectivity index (χ2v) is 4.25. The molecule has 0 saturated carbocycles. The highest BCUT2D eigenvalue weighted by molar-refractivity contribution is 5.74. The van der Waals surface area contributed by atoms with Crippen molar-refractivity contribution < 1.29 is 19.1 Å². The van der Waals surface area contributed by atoms with Gasteiger partial charge in [-0.05, 0) is 12.5 Å².